The van der Waals surface area contributed by atoms with Crippen molar-refractivity contribution in [2.75, 3.05) is 26.2 Å². The first-order chi connectivity index (χ1) is 36.0. The zero-order chi connectivity index (χ0) is 55.9. The second-order valence-corrected chi connectivity index (χ2v) is 26.9. The van der Waals surface area contributed by atoms with E-state index >= 15 is 0 Å². The van der Waals surface area contributed by atoms with Gasteiger partial charge in [-0.15, -0.1) is 12.4 Å². The number of likely N-dealkylation sites (tertiary alicyclic amines) is 2. The van der Waals surface area contributed by atoms with E-state index in [1.807, 2.05) is 77.9 Å². The van der Waals surface area contributed by atoms with E-state index in [0.717, 1.165) is 50.0 Å². The summed E-state index contributed by atoms with van der Waals surface area (Å²) >= 11 is 5.15. The van der Waals surface area contributed by atoms with Gasteiger partial charge >= 0.3 is 37.9 Å². The average Bonchev–Trinajstić information content (AvgIpc) is 3.80. The number of amides is 3. The summed E-state index contributed by atoms with van der Waals surface area (Å²) in [6.07, 6.45) is 7.11. The van der Waals surface area contributed by atoms with Crippen molar-refractivity contribution in [2.45, 2.75) is 206 Å². The lowest BCUT2D eigenvalue weighted by atomic mass is 9.43. The zero-order valence-electron chi connectivity index (χ0n) is 48.3. The lowest BCUT2D eigenvalue weighted by Gasteiger charge is -2.64. The Hall–Kier alpha value is -3.77. The van der Waals surface area contributed by atoms with Crippen LogP contribution in [0.15, 0.2) is 60.7 Å². The summed E-state index contributed by atoms with van der Waals surface area (Å²) in [7, 11) is -0.831. The summed E-state index contributed by atoms with van der Waals surface area (Å²) in [6.45, 7) is 26.7. The molecule has 6 saturated carbocycles. The van der Waals surface area contributed by atoms with Crippen LogP contribution in [0.5, 0.6) is 0 Å². The van der Waals surface area contributed by atoms with E-state index in [-0.39, 0.29) is 72.6 Å². The Labute approximate surface area is 475 Å². The monoisotopic (exact) mass is 1120 g/mol. The molecule has 16 nitrogen and oxygen atoms in total. The summed E-state index contributed by atoms with van der Waals surface area (Å²) in [5.74, 6) is 1.95. The Morgan fingerprint density at radius 2 is 1.09 bits per heavy atom. The fourth-order valence-electron chi connectivity index (χ4n) is 13.7. The number of alkyl carbamates (subject to hydrolysis) is 1. The number of carbonyl (C=O) groups excluding carboxylic acids is 4. The van der Waals surface area contributed by atoms with Crippen molar-refractivity contribution in [1.82, 2.24) is 15.1 Å². The second-order valence-electron chi connectivity index (χ2n) is 26.6. The van der Waals surface area contributed by atoms with Gasteiger partial charge in [0.05, 0.1) is 42.4 Å². The molecule has 10 aliphatic rings. The molecule has 6 aliphatic carbocycles. The van der Waals surface area contributed by atoms with Gasteiger partial charge in [-0.3, -0.25) is 0 Å². The number of rotatable bonds is 9. The molecule has 2 aromatic carbocycles. The van der Waals surface area contributed by atoms with E-state index in [4.69, 9.17) is 54.9 Å². The SMILES string of the molecule is CC(C)(C)OC(=O)N1CCC[C@H](OC(=O)Cl)C1.CC(C)(C)OC(=O)N1CCC[C@H](OC(=O)N[C@@H](Cc2ccccc2)B2O[C@@H]3C[C@@H]4C[C@@H](C4(C)C)[C@]3(C)O2)C1.CC1(C)[C@@H]2C[C@H]3OB([C@@H](N)Cc4ccccc4)O[C@@]3(C)[C@H]1C2.Cl. The number of carbonyl (C=O) groups is 4. The molecule has 432 valence electrons. The molecule has 0 radical (unpaired) electrons. The Morgan fingerprint density at radius 3 is 1.53 bits per heavy atom. The number of hydrogen-bond donors (Lipinski definition) is 2. The highest BCUT2D eigenvalue weighted by atomic mass is 35.5. The fourth-order valence-corrected chi connectivity index (χ4v) is 13.9. The van der Waals surface area contributed by atoms with Crippen LogP contribution < -0.4 is 11.1 Å². The Morgan fingerprint density at radius 1 is 0.667 bits per heavy atom. The van der Waals surface area contributed by atoms with Gasteiger partial charge in [0.1, 0.15) is 23.4 Å². The van der Waals surface area contributed by atoms with Crippen molar-refractivity contribution < 1.29 is 56.7 Å². The number of ether oxygens (including phenoxy) is 4. The van der Waals surface area contributed by atoms with Gasteiger partial charge < -0.3 is 58.4 Å². The predicted molar refractivity (Wildman–Crippen MR) is 303 cm³/mol. The predicted octanol–water partition coefficient (Wildman–Crippen LogP) is 11.0. The maximum Gasteiger partial charge on any atom is 0.482 e. The number of benzene rings is 2. The largest absolute Gasteiger partial charge is 0.482 e. The van der Waals surface area contributed by atoms with Gasteiger partial charge in [0.15, 0.2) is 0 Å². The van der Waals surface area contributed by atoms with E-state index in [2.05, 4.69) is 71.1 Å². The maximum absolute atomic E-state index is 13.2. The van der Waals surface area contributed by atoms with Crippen LogP contribution in [-0.2, 0) is 50.4 Å². The maximum atomic E-state index is 13.2. The molecule has 3 amide bonds. The third-order valence-electron chi connectivity index (χ3n) is 18.1. The molecule has 4 bridgehead atoms. The van der Waals surface area contributed by atoms with Gasteiger partial charge in [0.25, 0.3) is 0 Å². The van der Waals surface area contributed by atoms with Gasteiger partial charge in [-0.25, -0.2) is 19.2 Å². The van der Waals surface area contributed by atoms with Crippen LogP contribution in [0.1, 0.15) is 146 Å². The first kappa shape index (κ1) is 61.8. The van der Waals surface area contributed by atoms with E-state index in [1.165, 1.54) is 18.4 Å². The minimum atomic E-state index is -0.832. The molecule has 0 unspecified atom stereocenters. The smallest absolute Gasteiger partial charge is 0.448 e. The topological polar surface area (TPSA) is 187 Å². The fraction of sp³-hybridized carbons (Fsp3) is 0.724. The second kappa shape index (κ2) is 24.4. The van der Waals surface area contributed by atoms with E-state index in [0.29, 0.717) is 62.2 Å². The average molecular weight is 1130 g/mol. The molecule has 78 heavy (non-hydrogen) atoms. The van der Waals surface area contributed by atoms with Crippen LogP contribution in [0, 0.1) is 34.5 Å². The molecule has 20 heteroatoms. The molecular weight excluding hydrogens is 1040 g/mol. The highest BCUT2D eigenvalue weighted by Gasteiger charge is 2.70. The summed E-state index contributed by atoms with van der Waals surface area (Å²) in [6, 6.07) is 20.4. The molecule has 4 heterocycles. The number of halogens is 2. The third-order valence-corrected chi connectivity index (χ3v) is 18.2. The first-order valence-corrected chi connectivity index (χ1v) is 28.7. The first-order valence-electron chi connectivity index (χ1n) is 28.3. The molecule has 4 saturated heterocycles. The van der Waals surface area contributed by atoms with Gasteiger partial charge in [-0.05, 0) is 165 Å². The van der Waals surface area contributed by atoms with Crippen LogP contribution in [0.25, 0.3) is 0 Å². The quantitative estimate of drug-likeness (QED) is 0.137. The highest BCUT2D eigenvalue weighted by molar-refractivity contribution is 6.61. The van der Waals surface area contributed by atoms with Gasteiger partial charge in [0, 0.05) is 30.6 Å². The van der Waals surface area contributed by atoms with E-state index in [9.17, 15) is 19.2 Å². The van der Waals surface area contributed by atoms with Gasteiger partial charge in [-0.1, -0.05) is 88.4 Å². The molecule has 0 aromatic heterocycles. The Balaban J connectivity index is 0.000000186. The summed E-state index contributed by atoms with van der Waals surface area (Å²) in [4.78, 5) is 51.3. The third kappa shape index (κ3) is 14.3. The van der Waals surface area contributed by atoms with Crippen LogP contribution in [0.2, 0.25) is 0 Å². The normalized spacial score (nSPS) is 31.7. The lowest BCUT2D eigenvalue weighted by molar-refractivity contribution is -0.199. The number of hydrogen-bond acceptors (Lipinski definition) is 13. The molecule has 12 rings (SSSR count). The van der Waals surface area contributed by atoms with Crippen LogP contribution in [-0.4, -0.2) is 133 Å². The van der Waals surface area contributed by atoms with Crippen molar-refractivity contribution in [3.05, 3.63) is 71.8 Å². The van der Waals surface area contributed by atoms with Crippen LogP contribution in [0.3, 0.4) is 0 Å². The number of nitrogens with zero attached hydrogens (tertiary/aromatic N) is 2. The van der Waals surface area contributed by atoms with E-state index in [1.54, 1.807) is 9.80 Å². The summed E-state index contributed by atoms with van der Waals surface area (Å²) in [5, 5.41) is 3.07. The molecule has 10 fully saturated rings. The van der Waals surface area contributed by atoms with Gasteiger partial charge in [0.2, 0.25) is 0 Å². The standard InChI is InChI=1S/C29H43BN2O6.C18H26BNO2.C11H18ClNO4.ClH/c1-27(2,3)36-26(34)32-14-10-13-21(18-32)35-25(33)31-24(15-19-11-8-7-9-12-19)30-37-23-17-20-16-22(28(20,4)5)29(23,6)38-30;1-17(2)13-10-14(17)18(3)15(11-13)21-19(22-18)16(20)9-12-7-5-4-6-8-12;1-11(2,3)17-10(15)13-6-4-5-8(7-13)16-9(12)14;/h7-9,11-12,20-24H,10,13-18H2,1-6H3,(H,31,33);4-8,13-16H,9-11,20H2,1-3H3;8H,4-7H2,1-3H3;1H/t20-,21-,22-,23+,24-,29-;13-,14-,15+,16-,18-;8-;/m000./s1. The zero-order valence-corrected chi connectivity index (χ0v) is 49.8. The number of nitrogens with one attached hydrogen (secondary N) is 1. The molecule has 4 aliphatic heterocycles. The molecular formula is C58H88B2Cl2N4O12. The summed E-state index contributed by atoms with van der Waals surface area (Å²) < 4.78 is 47.3. The van der Waals surface area contributed by atoms with Crippen molar-refractivity contribution >= 4 is 62.0 Å². The van der Waals surface area contributed by atoms with E-state index < -0.39 is 41.9 Å². The molecule has 3 N–H and O–H groups in total. The van der Waals surface area contributed by atoms with Crippen LogP contribution in [0.4, 0.5) is 19.2 Å². The summed E-state index contributed by atoms with van der Waals surface area (Å²) in [5.41, 5.74) is 6.91. The van der Waals surface area contributed by atoms with Crippen molar-refractivity contribution in [2.24, 2.45) is 40.2 Å². The number of nitrogens with two attached hydrogens (primary N) is 1. The molecule has 0 spiro atoms. The minimum absolute atomic E-state index is 0. The van der Waals surface area contributed by atoms with Crippen molar-refractivity contribution in [1.29, 1.82) is 0 Å². The Kier molecular flexibility index (Phi) is 19.3. The van der Waals surface area contributed by atoms with Crippen molar-refractivity contribution in [3.63, 3.8) is 0 Å². The molecule has 2 aromatic rings. The highest BCUT2D eigenvalue weighted by Crippen LogP contribution is 2.67. The Bertz CT molecular complexity index is 2380. The van der Waals surface area contributed by atoms with Gasteiger partial charge in [-0.2, -0.15) is 0 Å². The molecule has 12 atom stereocenters. The van der Waals surface area contributed by atoms with Crippen molar-refractivity contribution in [3.8, 4) is 0 Å². The number of piperidine rings is 2. The minimum Gasteiger partial charge on any atom is -0.448 e. The lowest BCUT2D eigenvalue weighted by Crippen LogP contribution is -2.65. The van der Waals surface area contributed by atoms with Crippen LogP contribution >= 0.6 is 24.0 Å².